The average Bonchev–Trinajstić information content (AvgIpc) is 2.99. The summed E-state index contributed by atoms with van der Waals surface area (Å²) < 4.78 is 3.86. The second-order valence-corrected chi connectivity index (χ2v) is 7.88. The molecule has 0 fully saturated rings. The lowest BCUT2D eigenvalue weighted by Crippen LogP contribution is -2.37. The Hall–Kier alpha value is -2.25. The van der Waals surface area contributed by atoms with Crippen molar-refractivity contribution in [2.45, 2.75) is 65.1 Å². The summed E-state index contributed by atoms with van der Waals surface area (Å²) in [5.41, 5.74) is 2.93. The van der Waals surface area contributed by atoms with E-state index in [1.165, 1.54) is 0 Å². The van der Waals surface area contributed by atoms with Crippen LogP contribution < -0.4 is 15.2 Å². The number of aryl methyl sites for hydroxylation is 3. The molecule has 0 saturated heterocycles. The number of aromatic nitrogens is 2. The molecular weight excluding hydrogens is 364 g/mol. The maximum absolute atomic E-state index is 10.3. The third-order valence-corrected chi connectivity index (χ3v) is 5.26. The van der Waals surface area contributed by atoms with Crippen molar-refractivity contribution in [2.75, 3.05) is 11.9 Å². The van der Waals surface area contributed by atoms with Crippen LogP contribution in [-0.2, 0) is 14.1 Å². The fraction of sp³-hybridized carbons (Fsp3) is 0.591. The zero-order chi connectivity index (χ0) is 21.4. The number of rotatable bonds is 11. The van der Waals surface area contributed by atoms with Crippen molar-refractivity contribution in [1.29, 1.82) is 0 Å². The molecule has 7 nitrogen and oxygen atoms in total. The maximum atomic E-state index is 10.3. The fourth-order valence-corrected chi connectivity index (χ4v) is 3.39. The highest BCUT2D eigenvalue weighted by atomic mass is 16.3. The lowest BCUT2D eigenvalue weighted by Gasteiger charge is -2.22. The molecule has 2 atom stereocenters. The summed E-state index contributed by atoms with van der Waals surface area (Å²) in [5, 5.41) is 26.0. The second-order valence-electron chi connectivity index (χ2n) is 7.88. The Labute approximate surface area is 174 Å². The van der Waals surface area contributed by atoms with Gasteiger partial charge in [-0.15, -0.1) is 0 Å². The van der Waals surface area contributed by atoms with Gasteiger partial charge in [-0.2, -0.15) is 0 Å². The maximum Gasteiger partial charge on any atom is 0.421 e. The van der Waals surface area contributed by atoms with Gasteiger partial charge >= 0.3 is 5.95 Å². The number of azo groups is 1. The Bertz CT molecular complexity index is 777. The van der Waals surface area contributed by atoms with Crippen LogP contribution >= 0.6 is 0 Å². The molecule has 1 aromatic heterocycles. The van der Waals surface area contributed by atoms with Gasteiger partial charge in [0.15, 0.2) is 0 Å². The average molecular weight is 402 g/mol. The predicted octanol–water partition coefficient (Wildman–Crippen LogP) is 3.90. The van der Waals surface area contributed by atoms with Crippen molar-refractivity contribution in [1.82, 2.24) is 9.88 Å². The molecule has 0 saturated carbocycles. The molecule has 1 heterocycles. The Kier molecular flexibility index (Phi) is 8.79. The van der Waals surface area contributed by atoms with E-state index < -0.39 is 0 Å². The minimum atomic E-state index is -0.363. The third-order valence-electron chi connectivity index (χ3n) is 5.26. The first-order valence-electron chi connectivity index (χ1n) is 10.5. The van der Waals surface area contributed by atoms with E-state index in [4.69, 9.17) is 0 Å². The highest BCUT2D eigenvalue weighted by Crippen LogP contribution is 2.24. The number of nitrogens with zero attached hydrogens (tertiary/aromatic N) is 4. The Morgan fingerprint density at radius 1 is 1.21 bits per heavy atom. The number of aliphatic hydroxyl groups excluding tert-OH is 1. The largest absolute Gasteiger partial charge is 0.421 e. The van der Waals surface area contributed by atoms with Gasteiger partial charge in [0.1, 0.15) is 5.69 Å². The number of benzene rings is 1. The second kappa shape index (κ2) is 11.1. The van der Waals surface area contributed by atoms with Gasteiger partial charge in [0.05, 0.1) is 32.6 Å². The molecule has 0 radical (unpaired) electrons. The third kappa shape index (κ3) is 6.94. The van der Waals surface area contributed by atoms with Gasteiger partial charge in [-0.05, 0) is 56.9 Å². The molecule has 2 aromatic rings. The van der Waals surface area contributed by atoms with E-state index in [-0.39, 0.29) is 12.1 Å². The molecular formula is C22H37N6O+. The summed E-state index contributed by atoms with van der Waals surface area (Å²) >= 11 is 0. The van der Waals surface area contributed by atoms with E-state index in [2.05, 4.69) is 47.7 Å². The van der Waals surface area contributed by atoms with Gasteiger partial charge in [-0.25, -0.2) is 9.13 Å². The van der Waals surface area contributed by atoms with Crippen molar-refractivity contribution in [3.05, 3.63) is 36.2 Å². The molecule has 0 aliphatic rings. The number of hydrogen-bond acceptors (Lipinski definition) is 5. The van der Waals surface area contributed by atoms with Gasteiger partial charge in [0, 0.05) is 29.4 Å². The number of imidazole rings is 1. The minimum Gasteiger partial charge on any atom is -0.392 e. The molecule has 0 aliphatic carbocycles. The SMILES string of the molecule is CCC(CC)NCC(O)CC(C)Nc1ccc(N=Nc2n(C)cc[n+]2C)c(C)c1. The summed E-state index contributed by atoms with van der Waals surface area (Å²) in [4.78, 5) is 0. The van der Waals surface area contributed by atoms with Crippen LogP contribution in [0.1, 0.15) is 45.6 Å². The Balaban J connectivity index is 1.91. The van der Waals surface area contributed by atoms with Gasteiger partial charge in [-0.1, -0.05) is 19.0 Å². The zero-order valence-corrected chi connectivity index (χ0v) is 18.7. The smallest absolute Gasteiger partial charge is 0.392 e. The monoisotopic (exact) mass is 401 g/mol. The molecule has 0 spiro atoms. The van der Waals surface area contributed by atoms with Crippen molar-refractivity contribution in [2.24, 2.45) is 24.3 Å². The molecule has 3 N–H and O–H groups in total. The summed E-state index contributed by atoms with van der Waals surface area (Å²) in [5.74, 6) is 0.788. The number of nitrogens with one attached hydrogen (secondary N) is 2. The lowest BCUT2D eigenvalue weighted by atomic mass is 10.1. The van der Waals surface area contributed by atoms with Crippen molar-refractivity contribution in [3.63, 3.8) is 0 Å². The van der Waals surface area contributed by atoms with Crippen LogP contribution in [0.5, 0.6) is 0 Å². The molecule has 29 heavy (non-hydrogen) atoms. The molecule has 0 bridgehead atoms. The Morgan fingerprint density at radius 3 is 2.52 bits per heavy atom. The van der Waals surface area contributed by atoms with E-state index in [1.807, 2.05) is 54.7 Å². The van der Waals surface area contributed by atoms with Crippen LogP contribution in [0, 0.1) is 6.92 Å². The molecule has 2 unspecified atom stereocenters. The summed E-state index contributed by atoms with van der Waals surface area (Å²) in [7, 11) is 3.90. The Morgan fingerprint density at radius 2 is 1.93 bits per heavy atom. The van der Waals surface area contributed by atoms with E-state index in [0.29, 0.717) is 19.0 Å². The quantitative estimate of drug-likeness (QED) is 0.395. The van der Waals surface area contributed by atoms with Crippen molar-refractivity contribution >= 4 is 17.3 Å². The standard InChI is InChI=1S/C22H36N6O/c1-7-18(8-2)23-15-20(29)14-17(4)24-19-9-10-21(16(3)13-19)25-26-22-27(5)11-12-28(22)6/h9-13,17-18,20,23,29H,7-8,14-15H2,1-6H3/p+1. The molecule has 7 heteroatoms. The van der Waals surface area contributed by atoms with Gasteiger partial charge in [0.2, 0.25) is 0 Å². The first-order chi connectivity index (χ1) is 13.8. The van der Waals surface area contributed by atoms with E-state index in [9.17, 15) is 5.11 Å². The van der Waals surface area contributed by atoms with E-state index in [0.717, 1.165) is 35.7 Å². The number of hydrogen-bond donors (Lipinski definition) is 3. The lowest BCUT2D eigenvalue weighted by molar-refractivity contribution is -0.657. The molecule has 0 aliphatic heterocycles. The van der Waals surface area contributed by atoms with Crippen molar-refractivity contribution in [3.8, 4) is 0 Å². The predicted molar refractivity (Wildman–Crippen MR) is 118 cm³/mol. The van der Waals surface area contributed by atoms with Gasteiger partial charge < -0.3 is 15.7 Å². The number of anilines is 1. The zero-order valence-electron chi connectivity index (χ0n) is 18.7. The fourth-order valence-electron chi connectivity index (χ4n) is 3.39. The van der Waals surface area contributed by atoms with Gasteiger partial charge in [-0.3, -0.25) is 0 Å². The molecule has 160 valence electrons. The topological polar surface area (TPSA) is 77.8 Å². The number of aliphatic hydroxyl groups is 1. The molecule has 1 aromatic carbocycles. The van der Waals surface area contributed by atoms with E-state index in [1.54, 1.807) is 0 Å². The van der Waals surface area contributed by atoms with E-state index >= 15 is 0 Å². The van der Waals surface area contributed by atoms with Crippen molar-refractivity contribution < 1.29 is 9.67 Å². The molecule has 2 rings (SSSR count). The molecule has 0 amide bonds. The minimum absolute atomic E-state index is 0.169. The first kappa shape index (κ1) is 23.0. The summed E-state index contributed by atoms with van der Waals surface area (Å²) in [6.07, 6.45) is 6.40. The van der Waals surface area contributed by atoms with Crippen LogP contribution in [0.15, 0.2) is 40.8 Å². The van der Waals surface area contributed by atoms with Crippen LogP contribution in [0.3, 0.4) is 0 Å². The highest BCUT2D eigenvalue weighted by molar-refractivity contribution is 5.56. The van der Waals surface area contributed by atoms with Crippen LogP contribution in [0.4, 0.5) is 17.3 Å². The summed E-state index contributed by atoms with van der Waals surface area (Å²) in [6.45, 7) is 9.10. The normalized spacial score (nSPS) is 13.9. The first-order valence-corrected chi connectivity index (χ1v) is 10.5. The summed E-state index contributed by atoms with van der Waals surface area (Å²) in [6, 6.07) is 6.71. The van der Waals surface area contributed by atoms with Crippen LogP contribution in [-0.4, -0.2) is 34.4 Å². The van der Waals surface area contributed by atoms with Gasteiger partial charge in [0.25, 0.3) is 0 Å². The highest BCUT2D eigenvalue weighted by Gasteiger charge is 2.13. The van der Waals surface area contributed by atoms with Crippen LogP contribution in [0.25, 0.3) is 0 Å². The van der Waals surface area contributed by atoms with Crippen LogP contribution in [0.2, 0.25) is 0 Å².